The van der Waals surface area contributed by atoms with Crippen molar-refractivity contribution in [2.24, 2.45) is 0 Å². The van der Waals surface area contributed by atoms with Gasteiger partial charge in [-0.15, -0.1) is 0 Å². The van der Waals surface area contributed by atoms with E-state index < -0.39 is 10.0 Å². The van der Waals surface area contributed by atoms with E-state index in [9.17, 15) is 8.42 Å². The molecule has 1 N–H and O–H groups in total. The third kappa shape index (κ3) is 3.89. The minimum Gasteiger partial charge on any atom is -0.467 e. The molecule has 16 heavy (non-hydrogen) atoms. The molecule has 0 fully saturated rings. The van der Waals surface area contributed by atoms with Crippen molar-refractivity contribution in [2.75, 3.05) is 26.4 Å². The number of rotatable bonds is 6. The SMILES string of the molecule is CN(C)S(=O)(=O)CCNCc1occc1Br. The van der Waals surface area contributed by atoms with E-state index in [-0.39, 0.29) is 5.75 Å². The molecular weight excluding hydrogens is 296 g/mol. The fourth-order valence-electron chi connectivity index (χ4n) is 1.04. The molecule has 0 amide bonds. The molecule has 7 heteroatoms. The fraction of sp³-hybridized carbons (Fsp3) is 0.556. The summed E-state index contributed by atoms with van der Waals surface area (Å²) in [5, 5.41) is 3.01. The predicted molar refractivity (Wildman–Crippen MR) is 65.6 cm³/mol. The Morgan fingerprint density at radius 3 is 2.69 bits per heavy atom. The van der Waals surface area contributed by atoms with E-state index in [1.807, 2.05) is 0 Å². The lowest BCUT2D eigenvalue weighted by atomic mass is 10.4. The molecule has 1 heterocycles. The zero-order valence-corrected chi connectivity index (χ0v) is 11.6. The van der Waals surface area contributed by atoms with Crippen molar-refractivity contribution in [3.05, 3.63) is 22.6 Å². The van der Waals surface area contributed by atoms with Crippen molar-refractivity contribution < 1.29 is 12.8 Å². The maximum atomic E-state index is 11.4. The lowest BCUT2D eigenvalue weighted by Gasteiger charge is -2.11. The van der Waals surface area contributed by atoms with Gasteiger partial charge in [-0.25, -0.2) is 12.7 Å². The van der Waals surface area contributed by atoms with Crippen molar-refractivity contribution >= 4 is 26.0 Å². The van der Waals surface area contributed by atoms with E-state index in [1.54, 1.807) is 12.3 Å². The first kappa shape index (κ1) is 13.7. The van der Waals surface area contributed by atoms with Gasteiger partial charge in [0.05, 0.1) is 23.0 Å². The van der Waals surface area contributed by atoms with Crippen LogP contribution >= 0.6 is 15.9 Å². The molecule has 0 aliphatic carbocycles. The maximum Gasteiger partial charge on any atom is 0.214 e. The molecule has 5 nitrogen and oxygen atoms in total. The minimum atomic E-state index is -3.12. The molecule has 0 aromatic carbocycles. The molecule has 1 rings (SSSR count). The molecule has 0 spiro atoms. The Bertz CT molecular complexity index is 428. The summed E-state index contributed by atoms with van der Waals surface area (Å²) in [5.74, 6) is 0.848. The Morgan fingerprint density at radius 2 is 2.19 bits per heavy atom. The van der Waals surface area contributed by atoms with Crippen LogP contribution in [0.15, 0.2) is 21.2 Å². The molecule has 0 bridgehead atoms. The lowest BCUT2D eigenvalue weighted by Crippen LogP contribution is -2.30. The van der Waals surface area contributed by atoms with Gasteiger partial charge in [0.1, 0.15) is 5.76 Å². The maximum absolute atomic E-state index is 11.4. The van der Waals surface area contributed by atoms with E-state index in [1.165, 1.54) is 18.4 Å². The zero-order valence-electron chi connectivity index (χ0n) is 9.23. The second kappa shape index (κ2) is 5.81. The summed E-state index contributed by atoms with van der Waals surface area (Å²) < 4.78 is 30.1. The highest BCUT2D eigenvalue weighted by Gasteiger charge is 2.12. The fourth-order valence-corrected chi connectivity index (χ4v) is 2.15. The van der Waals surface area contributed by atoms with Crippen molar-refractivity contribution in [1.82, 2.24) is 9.62 Å². The normalized spacial score (nSPS) is 12.2. The number of sulfonamides is 1. The molecule has 0 saturated heterocycles. The van der Waals surface area contributed by atoms with Gasteiger partial charge >= 0.3 is 0 Å². The average molecular weight is 311 g/mol. The third-order valence-corrected chi connectivity index (χ3v) is 4.61. The van der Waals surface area contributed by atoms with Crippen LogP contribution in [0.4, 0.5) is 0 Å². The van der Waals surface area contributed by atoms with E-state index in [0.717, 1.165) is 10.2 Å². The highest BCUT2D eigenvalue weighted by Crippen LogP contribution is 2.16. The molecule has 0 saturated carbocycles. The number of hydrogen-bond acceptors (Lipinski definition) is 4. The highest BCUT2D eigenvalue weighted by molar-refractivity contribution is 9.10. The Hall–Kier alpha value is -0.370. The van der Waals surface area contributed by atoms with Gasteiger partial charge in [0.25, 0.3) is 0 Å². The van der Waals surface area contributed by atoms with Crippen LogP contribution in [0.5, 0.6) is 0 Å². The van der Waals surface area contributed by atoms with Crippen molar-refractivity contribution in [3.8, 4) is 0 Å². The van der Waals surface area contributed by atoms with Gasteiger partial charge in [0.15, 0.2) is 0 Å². The van der Waals surface area contributed by atoms with E-state index in [4.69, 9.17) is 4.42 Å². The molecule has 0 aliphatic heterocycles. The van der Waals surface area contributed by atoms with Gasteiger partial charge in [0.2, 0.25) is 10.0 Å². The molecule has 0 aliphatic rings. The third-order valence-electron chi connectivity index (χ3n) is 2.07. The second-order valence-electron chi connectivity index (χ2n) is 3.47. The first-order valence-electron chi connectivity index (χ1n) is 4.76. The minimum absolute atomic E-state index is 0.0817. The summed E-state index contributed by atoms with van der Waals surface area (Å²) in [6, 6.07) is 1.80. The summed E-state index contributed by atoms with van der Waals surface area (Å²) in [7, 11) is -0.0684. The van der Waals surface area contributed by atoms with Crippen molar-refractivity contribution in [1.29, 1.82) is 0 Å². The van der Waals surface area contributed by atoms with Gasteiger partial charge in [-0.2, -0.15) is 0 Å². The van der Waals surface area contributed by atoms with Gasteiger partial charge in [-0.1, -0.05) is 0 Å². The van der Waals surface area contributed by atoms with Crippen LogP contribution in [-0.2, 0) is 16.6 Å². The zero-order chi connectivity index (χ0) is 12.2. The largest absolute Gasteiger partial charge is 0.467 e. The lowest BCUT2D eigenvalue weighted by molar-refractivity contribution is 0.481. The molecule has 1 aromatic heterocycles. The Balaban J connectivity index is 2.30. The average Bonchev–Trinajstić information content (AvgIpc) is 2.59. The molecule has 92 valence electrons. The van der Waals surface area contributed by atoms with Crippen LogP contribution in [0, 0.1) is 0 Å². The summed E-state index contributed by atoms with van der Waals surface area (Å²) >= 11 is 3.32. The topological polar surface area (TPSA) is 62.6 Å². The van der Waals surface area contributed by atoms with Crippen LogP contribution < -0.4 is 5.32 Å². The quantitative estimate of drug-likeness (QED) is 0.797. The Kier molecular flexibility index (Phi) is 4.97. The second-order valence-corrected chi connectivity index (χ2v) is 6.62. The number of nitrogens with zero attached hydrogens (tertiary/aromatic N) is 1. The molecule has 0 radical (unpaired) electrons. The van der Waals surface area contributed by atoms with Crippen molar-refractivity contribution in [3.63, 3.8) is 0 Å². The van der Waals surface area contributed by atoms with E-state index in [0.29, 0.717) is 13.1 Å². The summed E-state index contributed by atoms with van der Waals surface area (Å²) in [5.41, 5.74) is 0. The van der Waals surface area contributed by atoms with Gasteiger partial charge < -0.3 is 9.73 Å². The van der Waals surface area contributed by atoms with Crippen molar-refractivity contribution in [2.45, 2.75) is 6.54 Å². The predicted octanol–water partition coefficient (Wildman–Crippen LogP) is 1.02. The number of hydrogen-bond donors (Lipinski definition) is 1. The molecule has 1 aromatic rings. The van der Waals surface area contributed by atoms with Crippen LogP contribution in [0.1, 0.15) is 5.76 Å². The van der Waals surface area contributed by atoms with Crippen LogP contribution in [0.3, 0.4) is 0 Å². The Morgan fingerprint density at radius 1 is 1.50 bits per heavy atom. The van der Waals surface area contributed by atoms with Crippen LogP contribution in [-0.4, -0.2) is 39.1 Å². The summed E-state index contributed by atoms with van der Waals surface area (Å²) in [6.07, 6.45) is 1.58. The van der Waals surface area contributed by atoms with Gasteiger partial charge in [-0.05, 0) is 22.0 Å². The first-order chi connectivity index (χ1) is 7.43. The molecule has 0 unspecified atom stereocenters. The monoisotopic (exact) mass is 310 g/mol. The first-order valence-corrected chi connectivity index (χ1v) is 7.16. The summed E-state index contributed by atoms with van der Waals surface area (Å²) in [4.78, 5) is 0. The standard InChI is InChI=1S/C9H15BrN2O3S/c1-12(2)16(13,14)6-4-11-7-9-8(10)3-5-15-9/h3,5,11H,4,6-7H2,1-2H3. The van der Waals surface area contributed by atoms with E-state index in [2.05, 4.69) is 21.2 Å². The highest BCUT2D eigenvalue weighted by atomic mass is 79.9. The van der Waals surface area contributed by atoms with Crippen LogP contribution in [0.2, 0.25) is 0 Å². The molecule has 0 atom stereocenters. The van der Waals surface area contributed by atoms with Gasteiger partial charge in [0, 0.05) is 20.6 Å². The van der Waals surface area contributed by atoms with Gasteiger partial charge in [-0.3, -0.25) is 0 Å². The molecular formula is C9H15BrN2O3S. The number of halogens is 1. The van der Waals surface area contributed by atoms with Crippen LogP contribution in [0.25, 0.3) is 0 Å². The summed E-state index contributed by atoms with van der Waals surface area (Å²) in [6.45, 7) is 0.907. The smallest absolute Gasteiger partial charge is 0.214 e. The number of nitrogens with one attached hydrogen (secondary N) is 1. The van der Waals surface area contributed by atoms with E-state index >= 15 is 0 Å². The number of furan rings is 1. The Labute approximate surface area is 104 Å².